The minimum Gasteiger partial charge on any atom is -0.465 e. The average molecular weight is 470 g/mol. The lowest BCUT2D eigenvalue weighted by Gasteiger charge is -2.36. The van der Waals surface area contributed by atoms with Crippen molar-refractivity contribution in [2.75, 3.05) is 6.61 Å². The molecule has 6 heteroatoms. The first-order valence-corrected chi connectivity index (χ1v) is 11.6. The van der Waals surface area contributed by atoms with Crippen LogP contribution in [0.2, 0.25) is 10.0 Å². The molecule has 4 rings (SSSR count). The standard InChI is InChI=1S/C26H25Cl2NO3/c1-3-12-32-26(31)23-15(2)29-21-13-18(16-4-8-19(27)9-5-16)14-22(30)25(21)24(23)17-6-10-20(28)11-7-17/h4-11,18,23-24H,3,12-14H2,1-2H3/t18-,23?,24-/m1/s1. The third-order valence-electron chi connectivity index (χ3n) is 6.16. The van der Waals surface area contributed by atoms with Gasteiger partial charge in [-0.05, 0) is 61.1 Å². The molecule has 2 aromatic carbocycles. The van der Waals surface area contributed by atoms with Gasteiger partial charge in [0.25, 0.3) is 0 Å². The van der Waals surface area contributed by atoms with Crippen LogP contribution in [0, 0.1) is 5.92 Å². The molecule has 166 valence electrons. The number of hydrogen-bond acceptors (Lipinski definition) is 4. The molecular formula is C26H25Cl2NO3. The van der Waals surface area contributed by atoms with Gasteiger partial charge >= 0.3 is 5.97 Å². The quantitative estimate of drug-likeness (QED) is 0.468. The van der Waals surface area contributed by atoms with Crippen LogP contribution in [-0.4, -0.2) is 24.1 Å². The number of aliphatic imine (C=N–C) groups is 1. The van der Waals surface area contributed by atoms with Gasteiger partial charge in [0.15, 0.2) is 5.78 Å². The third-order valence-corrected chi connectivity index (χ3v) is 6.67. The fraction of sp³-hybridized carbons (Fsp3) is 0.346. The van der Waals surface area contributed by atoms with Gasteiger partial charge in [-0.2, -0.15) is 0 Å². The molecule has 0 radical (unpaired) electrons. The number of carbonyl (C=O) groups is 2. The lowest BCUT2D eigenvalue weighted by molar-refractivity contribution is -0.146. The number of ketones is 1. The molecule has 0 amide bonds. The van der Waals surface area contributed by atoms with E-state index in [0.29, 0.717) is 40.8 Å². The summed E-state index contributed by atoms with van der Waals surface area (Å²) >= 11 is 12.1. The number of nitrogens with zero attached hydrogens (tertiary/aromatic N) is 1. The van der Waals surface area contributed by atoms with E-state index < -0.39 is 11.8 Å². The maximum absolute atomic E-state index is 13.5. The van der Waals surface area contributed by atoms with E-state index in [0.717, 1.165) is 23.2 Å². The number of carbonyl (C=O) groups excluding carboxylic acids is 2. The van der Waals surface area contributed by atoms with Gasteiger partial charge in [0, 0.05) is 39.4 Å². The van der Waals surface area contributed by atoms with Gasteiger partial charge in [-0.3, -0.25) is 14.6 Å². The minimum absolute atomic E-state index is 0.0238. The Morgan fingerprint density at radius 1 is 1.00 bits per heavy atom. The molecular weight excluding hydrogens is 445 g/mol. The molecule has 0 saturated heterocycles. The summed E-state index contributed by atoms with van der Waals surface area (Å²) < 4.78 is 5.50. The second-order valence-electron chi connectivity index (χ2n) is 8.37. The smallest absolute Gasteiger partial charge is 0.315 e. The summed E-state index contributed by atoms with van der Waals surface area (Å²) in [6.45, 7) is 4.14. The molecule has 0 bridgehead atoms. The number of allylic oxidation sites excluding steroid dienone is 2. The summed E-state index contributed by atoms with van der Waals surface area (Å²) in [7, 11) is 0. The zero-order chi connectivity index (χ0) is 22.8. The fourth-order valence-electron chi connectivity index (χ4n) is 4.66. The van der Waals surface area contributed by atoms with E-state index in [1.807, 2.05) is 50.2 Å². The van der Waals surface area contributed by atoms with Crippen LogP contribution in [0.4, 0.5) is 0 Å². The van der Waals surface area contributed by atoms with Crippen molar-refractivity contribution in [3.8, 4) is 0 Å². The van der Waals surface area contributed by atoms with E-state index in [2.05, 4.69) is 0 Å². The Kier molecular flexibility index (Phi) is 6.82. The molecule has 0 fully saturated rings. The summed E-state index contributed by atoms with van der Waals surface area (Å²) in [6, 6.07) is 15.0. The highest BCUT2D eigenvalue weighted by Gasteiger charge is 2.44. The number of ether oxygens (including phenoxy) is 1. The Bertz CT molecular complexity index is 1090. The maximum Gasteiger partial charge on any atom is 0.315 e. The van der Waals surface area contributed by atoms with Gasteiger partial charge in [-0.15, -0.1) is 0 Å². The van der Waals surface area contributed by atoms with Gasteiger partial charge in [-0.1, -0.05) is 54.4 Å². The monoisotopic (exact) mass is 469 g/mol. The summed E-state index contributed by atoms with van der Waals surface area (Å²) in [4.78, 5) is 31.3. The van der Waals surface area contributed by atoms with Crippen LogP contribution in [-0.2, 0) is 14.3 Å². The SMILES string of the molecule is CCCOC(=O)C1C(C)=NC2=C(C(=O)C[C@H](c3ccc(Cl)cc3)C2)[C@@H]1c1ccc(Cl)cc1. The largest absolute Gasteiger partial charge is 0.465 e. The highest BCUT2D eigenvalue weighted by molar-refractivity contribution is 6.30. The molecule has 0 spiro atoms. The molecule has 32 heavy (non-hydrogen) atoms. The summed E-state index contributed by atoms with van der Waals surface area (Å²) in [5, 5.41) is 1.27. The second-order valence-corrected chi connectivity index (χ2v) is 9.24. The van der Waals surface area contributed by atoms with Crippen molar-refractivity contribution in [1.82, 2.24) is 0 Å². The Morgan fingerprint density at radius 2 is 1.59 bits per heavy atom. The highest BCUT2D eigenvalue weighted by Crippen LogP contribution is 2.47. The Balaban J connectivity index is 1.76. The van der Waals surface area contributed by atoms with Crippen LogP contribution >= 0.6 is 23.2 Å². The number of hydrogen-bond donors (Lipinski definition) is 0. The molecule has 4 nitrogen and oxygen atoms in total. The maximum atomic E-state index is 13.5. The summed E-state index contributed by atoms with van der Waals surface area (Å²) in [6.07, 6.45) is 1.74. The van der Waals surface area contributed by atoms with Gasteiger partial charge < -0.3 is 4.74 Å². The van der Waals surface area contributed by atoms with Crippen molar-refractivity contribution in [3.63, 3.8) is 0 Å². The molecule has 0 aromatic heterocycles. The molecule has 0 saturated carbocycles. The number of benzene rings is 2. The van der Waals surface area contributed by atoms with Crippen LogP contribution in [0.3, 0.4) is 0 Å². The van der Waals surface area contributed by atoms with Crippen LogP contribution < -0.4 is 0 Å². The Morgan fingerprint density at radius 3 is 2.19 bits per heavy atom. The van der Waals surface area contributed by atoms with E-state index in [-0.39, 0.29) is 17.7 Å². The van der Waals surface area contributed by atoms with Crippen molar-refractivity contribution in [2.24, 2.45) is 10.9 Å². The number of Topliss-reactive ketones (excluding diaryl/α,β-unsaturated/α-hetero) is 1. The van der Waals surface area contributed by atoms with E-state index in [4.69, 9.17) is 32.9 Å². The van der Waals surface area contributed by atoms with Gasteiger partial charge in [0.2, 0.25) is 0 Å². The molecule has 2 aliphatic rings. The van der Waals surface area contributed by atoms with E-state index >= 15 is 0 Å². The first-order chi connectivity index (χ1) is 15.4. The number of esters is 1. The van der Waals surface area contributed by atoms with Crippen LogP contribution in [0.25, 0.3) is 0 Å². The van der Waals surface area contributed by atoms with Crippen molar-refractivity contribution in [2.45, 2.75) is 44.9 Å². The zero-order valence-electron chi connectivity index (χ0n) is 18.1. The average Bonchev–Trinajstić information content (AvgIpc) is 2.77. The van der Waals surface area contributed by atoms with Gasteiger partial charge in [0.1, 0.15) is 5.92 Å². The van der Waals surface area contributed by atoms with Gasteiger partial charge in [0.05, 0.1) is 6.61 Å². The topological polar surface area (TPSA) is 55.7 Å². The molecule has 2 aromatic rings. The molecule has 1 unspecified atom stereocenters. The zero-order valence-corrected chi connectivity index (χ0v) is 19.6. The van der Waals surface area contributed by atoms with E-state index in [9.17, 15) is 9.59 Å². The molecule has 3 atom stereocenters. The summed E-state index contributed by atoms with van der Waals surface area (Å²) in [5.74, 6) is -1.34. The van der Waals surface area contributed by atoms with Crippen LogP contribution in [0.1, 0.15) is 56.1 Å². The minimum atomic E-state index is -0.627. The van der Waals surface area contributed by atoms with Crippen LogP contribution in [0.5, 0.6) is 0 Å². The van der Waals surface area contributed by atoms with Gasteiger partial charge in [-0.25, -0.2) is 0 Å². The molecule has 1 aliphatic heterocycles. The normalized spacial score (nSPS) is 22.9. The molecule has 1 heterocycles. The first kappa shape index (κ1) is 22.8. The predicted molar refractivity (Wildman–Crippen MR) is 128 cm³/mol. The highest BCUT2D eigenvalue weighted by atomic mass is 35.5. The fourth-order valence-corrected chi connectivity index (χ4v) is 4.91. The number of halogens is 2. The summed E-state index contributed by atoms with van der Waals surface area (Å²) in [5.41, 5.74) is 4.00. The number of rotatable bonds is 5. The van der Waals surface area contributed by atoms with Crippen LogP contribution in [0.15, 0.2) is 64.8 Å². The molecule has 0 N–H and O–H groups in total. The molecule has 1 aliphatic carbocycles. The lowest BCUT2D eigenvalue weighted by Crippen LogP contribution is -2.38. The van der Waals surface area contributed by atoms with Crippen molar-refractivity contribution < 1.29 is 14.3 Å². The second kappa shape index (κ2) is 9.60. The first-order valence-electron chi connectivity index (χ1n) is 10.9. The van der Waals surface area contributed by atoms with Crippen molar-refractivity contribution in [1.29, 1.82) is 0 Å². The van der Waals surface area contributed by atoms with Crippen molar-refractivity contribution >= 4 is 40.7 Å². The lowest BCUT2D eigenvalue weighted by atomic mass is 9.69. The van der Waals surface area contributed by atoms with E-state index in [1.54, 1.807) is 12.1 Å². The Hall–Kier alpha value is -2.43. The predicted octanol–water partition coefficient (Wildman–Crippen LogP) is 6.52. The van der Waals surface area contributed by atoms with E-state index in [1.165, 1.54) is 0 Å². The Labute approximate surface area is 198 Å². The third kappa shape index (κ3) is 4.53. The van der Waals surface area contributed by atoms with Crippen molar-refractivity contribution in [3.05, 3.63) is 81.0 Å².